The number of halogens is 1. The van der Waals surface area contributed by atoms with E-state index in [1.165, 1.54) is 19.3 Å². The number of nitrogens with zero attached hydrogens (tertiary/aromatic N) is 3. The number of ether oxygens (including phenoxy) is 1. The van der Waals surface area contributed by atoms with Crippen LogP contribution in [0, 0.1) is 0 Å². The number of imidazole rings is 1. The van der Waals surface area contributed by atoms with E-state index < -0.39 is 0 Å². The lowest BCUT2D eigenvalue weighted by Crippen LogP contribution is -2.31. The van der Waals surface area contributed by atoms with Gasteiger partial charge in [0, 0.05) is 37.0 Å². The van der Waals surface area contributed by atoms with Crippen molar-refractivity contribution in [3.05, 3.63) is 47.6 Å². The van der Waals surface area contributed by atoms with Crippen molar-refractivity contribution < 1.29 is 4.74 Å². The van der Waals surface area contributed by atoms with Crippen LogP contribution < -0.4 is 4.90 Å². The molecule has 1 saturated carbocycles. The average molecular weight is 371 g/mol. The van der Waals surface area contributed by atoms with Crippen LogP contribution in [0.3, 0.4) is 0 Å². The van der Waals surface area contributed by atoms with Crippen LogP contribution in [0.15, 0.2) is 36.8 Å². The second-order valence-corrected chi connectivity index (χ2v) is 7.85. The lowest BCUT2D eigenvalue weighted by Gasteiger charge is -2.24. The molecule has 2 aromatic rings. The van der Waals surface area contributed by atoms with Crippen molar-refractivity contribution in [3.8, 4) is 11.3 Å². The predicted molar refractivity (Wildman–Crippen MR) is 103 cm³/mol. The van der Waals surface area contributed by atoms with Gasteiger partial charge in [0.2, 0.25) is 0 Å². The van der Waals surface area contributed by atoms with Gasteiger partial charge in [0.15, 0.2) is 0 Å². The zero-order chi connectivity index (χ0) is 17.5. The minimum Gasteiger partial charge on any atom is -0.376 e. The van der Waals surface area contributed by atoms with E-state index in [2.05, 4.69) is 44.3 Å². The number of hydrogen-bond donors (Lipinski definition) is 1. The summed E-state index contributed by atoms with van der Waals surface area (Å²) in [6.45, 7) is 2.66. The fourth-order valence-corrected chi connectivity index (χ4v) is 4.03. The van der Waals surface area contributed by atoms with Gasteiger partial charge in [0.25, 0.3) is 0 Å². The normalized spacial score (nSPS) is 22.6. The third-order valence-electron chi connectivity index (χ3n) is 5.38. The Morgan fingerprint density at radius 1 is 1.23 bits per heavy atom. The van der Waals surface area contributed by atoms with Crippen molar-refractivity contribution >= 4 is 17.3 Å². The van der Waals surface area contributed by atoms with Gasteiger partial charge in [-0.3, -0.25) is 0 Å². The SMILES string of the molecule is Clc1cc(-c2cnc(C3CC3)[nH]2)ccc1N1C=CN(C[C@H]2CCCO2)C1. The van der Waals surface area contributed by atoms with Crippen LogP contribution >= 0.6 is 11.6 Å². The Kier molecular flexibility index (Phi) is 4.14. The third kappa shape index (κ3) is 3.21. The van der Waals surface area contributed by atoms with E-state index in [0.717, 1.165) is 54.0 Å². The predicted octanol–water partition coefficient (Wildman–Crippen LogP) is 4.34. The Morgan fingerprint density at radius 3 is 2.92 bits per heavy atom. The molecule has 1 N–H and O–H groups in total. The largest absolute Gasteiger partial charge is 0.376 e. The molecule has 3 heterocycles. The first kappa shape index (κ1) is 16.2. The van der Waals surface area contributed by atoms with Crippen LogP contribution in [0.25, 0.3) is 11.3 Å². The molecule has 2 fully saturated rings. The maximum atomic E-state index is 6.61. The first-order chi connectivity index (χ1) is 12.8. The van der Waals surface area contributed by atoms with E-state index in [1.807, 2.05) is 12.3 Å². The fraction of sp³-hybridized carbons (Fsp3) is 0.450. The van der Waals surface area contributed by atoms with E-state index in [-0.39, 0.29) is 0 Å². The van der Waals surface area contributed by atoms with Gasteiger partial charge in [0.05, 0.1) is 35.4 Å². The number of aromatic nitrogens is 2. The topological polar surface area (TPSA) is 44.4 Å². The van der Waals surface area contributed by atoms with E-state index in [4.69, 9.17) is 16.3 Å². The highest BCUT2D eigenvalue weighted by atomic mass is 35.5. The summed E-state index contributed by atoms with van der Waals surface area (Å²) in [5.41, 5.74) is 3.15. The van der Waals surface area contributed by atoms with Crippen LogP contribution in [-0.2, 0) is 4.74 Å². The molecule has 2 aliphatic heterocycles. The highest BCUT2D eigenvalue weighted by Gasteiger charge is 2.27. The quantitative estimate of drug-likeness (QED) is 0.850. The molecule has 1 atom stereocenters. The molecule has 5 nitrogen and oxygen atoms in total. The monoisotopic (exact) mass is 370 g/mol. The average Bonchev–Trinajstić information content (AvgIpc) is 3.07. The number of rotatable bonds is 5. The Hall–Kier alpha value is -1.98. The maximum Gasteiger partial charge on any atom is 0.109 e. The zero-order valence-electron chi connectivity index (χ0n) is 14.7. The van der Waals surface area contributed by atoms with Gasteiger partial charge >= 0.3 is 0 Å². The summed E-state index contributed by atoms with van der Waals surface area (Å²) in [6, 6.07) is 6.23. The van der Waals surface area contributed by atoms with Gasteiger partial charge in [-0.15, -0.1) is 0 Å². The van der Waals surface area contributed by atoms with Crippen molar-refractivity contribution in [1.82, 2.24) is 14.9 Å². The Labute approximate surface area is 158 Å². The summed E-state index contributed by atoms with van der Waals surface area (Å²) in [5.74, 6) is 1.73. The molecular weight excluding hydrogens is 348 g/mol. The molecule has 0 bridgehead atoms. The molecule has 0 radical (unpaired) electrons. The maximum absolute atomic E-state index is 6.61. The highest BCUT2D eigenvalue weighted by Crippen LogP contribution is 2.39. The minimum absolute atomic E-state index is 0.360. The zero-order valence-corrected chi connectivity index (χ0v) is 15.5. The van der Waals surface area contributed by atoms with Crippen molar-refractivity contribution in [2.24, 2.45) is 0 Å². The molecule has 136 valence electrons. The smallest absolute Gasteiger partial charge is 0.109 e. The first-order valence-electron chi connectivity index (χ1n) is 9.42. The molecule has 26 heavy (non-hydrogen) atoms. The van der Waals surface area contributed by atoms with Gasteiger partial charge in [-0.2, -0.15) is 0 Å². The molecule has 0 unspecified atom stereocenters. The number of hydrogen-bond acceptors (Lipinski definition) is 4. The van der Waals surface area contributed by atoms with E-state index in [9.17, 15) is 0 Å². The van der Waals surface area contributed by atoms with Crippen molar-refractivity contribution in [3.63, 3.8) is 0 Å². The van der Waals surface area contributed by atoms with Gasteiger partial charge in [-0.1, -0.05) is 17.7 Å². The Bertz CT molecular complexity index is 823. The molecule has 0 amide bonds. The summed E-state index contributed by atoms with van der Waals surface area (Å²) in [6.07, 6.45) is 11.3. The summed E-state index contributed by atoms with van der Waals surface area (Å²) < 4.78 is 5.74. The second-order valence-electron chi connectivity index (χ2n) is 7.44. The summed E-state index contributed by atoms with van der Waals surface area (Å²) in [7, 11) is 0. The summed E-state index contributed by atoms with van der Waals surface area (Å²) in [5, 5.41) is 0.758. The van der Waals surface area contributed by atoms with Gasteiger partial charge in [0.1, 0.15) is 5.82 Å². The Balaban J connectivity index is 1.28. The molecule has 1 aliphatic carbocycles. The number of benzene rings is 1. The van der Waals surface area contributed by atoms with Crippen LogP contribution in [-0.4, -0.2) is 40.8 Å². The molecule has 5 rings (SSSR count). The summed E-state index contributed by atoms with van der Waals surface area (Å²) >= 11 is 6.61. The minimum atomic E-state index is 0.360. The van der Waals surface area contributed by atoms with Gasteiger partial charge < -0.3 is 19.5 Å². The first-order valence-corrected chi connectivity index (χ1v) is 9.79. The number of aromatic amines is 1. The standard InChI is InChI=1S/C20H23ClN4O/c21-17-10-15(18-11-22-20(23-18)14-3-4-14)5-6-19(17)25-8-7-24(13-25)12-16-2-1-9-26-16/h5-8,10-11,14,16H,1-4,9,12-13H2,(H,22,23)/t16-/m1/s1. The molecule has 1 aromatic carbocycles. The fourth-order valence-electron chi connectivity index (χ4n) is 3.74. The molecule has 1 aromatic heterocycles. The Morgan fingerprint density at radius 2 is 2.15 bits per heavy atom. The van der Waals surface area contributed by atoms with Crippen molar-refractivity contribution in [2.75, 3.05) is 24.7 Å². The van der Waals surface area contributed by atoms with E-state index >= 15 is 0 Å². The van der Waals surface area contributed by atoms with Crippen molar-refractivity contribution in [2.45, 2.75) is 37.7 Å². The van der Waals surface area contributed by atoms with Gasteiger partial charge in [-0.25, -0.2) is 4.98 Å². The molecule has 1 saturated heterocycles. The molecule has 3 aliphatic rings. The van der Waals surface area contributed by atoms with Gasteiger partial charge in [-0.05, 0) is 37.8 Å². The molecule has 6 heteroatoms. The third-order valence-corrected chi connectivity index (χ3v) is 5.68. The van der Waals surface area contributed by atoms with Crippen LogP contribution in [0.2, 0.25) is 5.02 Å². The molecule has 0 spiro atoms. The van der Waals surface area contributed by atoms with E-state index in [0.29, 0.717) is 12.0 Å². The van der Waals surface area contributed by atoms with Crippen molar-refractivity contribution in [1.29, 1.82) is 0 Å². The number of H-pyrrole nitrogens is 1. The lowest BCUT2D eigenvalue weighted by atomic mass is 10.1. The number of anilines is 1. The second kappa shape index (κ2) is 6.63. The summed E-state index contributed by atoms with van der Waals surface area (Å²) in [4.78, 5) is 12.4. The number of nitrogens with one attached hydrogen (secondary N) is 1. The highest BCUT2D eigenvalue weighted by molar-refractivity contribution is 6.33. The van der Waals surface area contributed by atoms with Crippen LogP contribution in [0.5, 0.6) is 0 Å². The van der Waals surface area contributed by atoms with Crippen LogP contribution in [0.1, 0.15) is 37.4 Å². The lowest BCUT2D eigenvalue weighted by molar-refractivity contribution is 0.0888. The van der Waals surface area contributed by atoms with E-state index in [1.54, 1.807) is 0 Å². The molecular formula is C20H23ClN4O. The van der Waals surface area contributed by atoms with Crippen LogP contribution in [0.4, 0.5) is 5.69 Å².